The number of carboxylic acid groups (broad SMARTS) is 1. The van der Waals surface area contributed by atoms with E-state index in [0.29, 0.717) is 50.7 Å². The summed E-state index contributed by atoms with van der Waals surface area (Å²) in [6.07, 6.45) is 0.137. The lowest BCUT2D eigenvalue weighted by Crippen LogP contribution is -2.51. The Balaban J connectivity index is 1.69. The fraction of sp³-hybridized carbons (Fsp3) is 0.615. The predicted molar refractivity (Wildman–Crippen MR) is 73.7 cm³/mol. The molecule has 0 radical (unpaired) electrons. The zero-order valence-electron chi connectivity index (χ0n) is 12.0. The molecule has 0 unspecified atom stereocenters. The number of rotatable bonds is 5. The van der Waals surface area contributed by atoms with Gasteiger partial charge in [0.1, 0.15) is 11.5 Å². The number of hydrogen-bond acceptors (Lipinski definition) is 5. The highest BCUT2D eigenvalue weighted by Crippen LogP contribution is 2.04. The number of aryl methyl sites for hydroxylation is 1. The van der Waals surface area contributed by atoms with Gasteiger partial charge in [-0.1, -0.05) is 5.16 Å². The molecule has 2 N–H and O–H groups in total. The van der Waals surface area contributed by atoms with Gasteiger partial charge in [-0.3, -0.25) is 9.69 Å². The Bertz CT molecular complexity index is 494. The molecule has 0 atom stereocenters. The standard InChI is InChI=1S/C13H20N4O4/c1-10-8-11(15-21-10)9-14-13(20)17-6-4-16(5-7-17)3-2-12(18)19/h8H,2-7,9H2,1H3,(H,14,20)(H,18,19). The van der Waals surface area contributed by atoms with Gasteiger partial charge in [-0.05, 0) is 6.92 Å². The molecule has 0 bridgehead atoms. The van der Waals surface area contributed by atoms with Crippen molar-refractivity contribution in [2.75, 3.05) is 32.7 Å². The number of urea groups is 1. The Kier molecular flexibility index (Phi) is 5.15. The first-order chi connectivity index (χ1) is 10.0. The van der Waals surface area contributed by atoms with Crippen molar-refractivity contribution in [2.24, 2.45) is 0 Å². The molecule has 2 rings (SSSR count). The van der Waals surface area contributed by atoms with E-state index in [9.17, 15) is 9.59 Å². The SMILES string of the molecule is Cc1cc(CNC(=O)N2CCN(CCC(=O)O)CC2)no1. The van der Waals surface area contributed by atoms with E-state index < -0.39 is 5.97 Å². The van der Waals surface area contributed by atoms with E-state index in [2.05, 4.69) is 15.4 Å². The van der Waals surface area contributed by atoms with Crippen LogP contribution in [-0.4, -0.2) is 64.8 Å². The molecule has 1 saturated heterocycles. The molecule has 2 amide bonds. The Morgan fingerprint density at radius 3 is 2.67 bits per heavy atom. The normalized spacial score (nSPS) is 16.0. The van der Waals surface area contributed by atoms with Crippen molar-refractivity contribution in [1.29, 1.82) is 0 Å². The summed E-state index contributed by atoms with van der Waals surface area (Å²) in [5, 5.41) is 15.3. The van der Waals surface area contributed by atoms with Gasteiger partial charge in [-0.2, -0.15) is 0 Å². The van der Waals surface area contributed by atoms with Crippen LogP contribution in [0.15, 0.2) is 10.6 Å². The van der Waals surface area contributed by atoms with Crippen LogP contribution in [0.4, 0.5) is 4.79 Å². The molecule has 0 aromatic carbocycles. The van der Waals surface area contributed by atoms with Crippen molar-refractivity contribution in [2.45, 2.75) is 19.9 Å². The number of nitrogens with zero attached hydrogens (tertiary/aromatic N) is 3. The van der Waals surface area contributed by atoms with Crippen molar-refractivity contribution in [3.63, 3.8) is 0 Å². The molecular weight excluding hydrogens is 276 g/mol. The van der Waals surface area contributed by atoms with Crippen molar-refractivity contribution < 1.29 is 19.2 Å². The van der Waals surface area contributed by atoms with Crippen LogP contribution in [0.25, 0.3) is 0 Å². The molecule has 0 saturated carbocycles. The topological polar surface area (TPSA) is 98.9 Å². The van der Waals surface area contributed by atoms with Gasteiger partial charge in [0.05, 0.1) is 13.0 Å². The second-order valence-electron chi connectivity index (χ2n) is 5.06. The number of aromatic nitrogens is 1. The lowest BCUT2D eigenvalue weighted by molar-refractivity contribution is -0.137. The highest BCUT2D eigenvalue weighted by molar-refractivity contribution is 5.74. The monoisotopic (exact) mass is 296 g/mol. The maximum absolute atomic E-state index is 12.0. The maximum Gasteiger partial charge on any atom is 0.317 e. The van der Waals surface area contributed by atoms with Crippen LogP contribution in [0, 0.1) is 6.92 Å². The van der Waals surface area contributed by atoms with Gasteiger partial charge in [0.25, 0.3) is 0 Å². The molecule has 1 aliphatic heterocycles. The molecule has 1 aromatic rings. The highest BCUT2D eigenvalue weighted by atomic mass is 16.5. The summed E-state index contributed by atoms with van der Waals surface area (Å²) in [4.78, 5) is 26.3. The van der Waals surface area contributed by atoms with Crippen molar-refractivity contribution in [3.8, 4) is 0 Å². The second kappa shape index (κ2) is 7.07. The molecular formula is C13H20N4O4. The zero-order chi connectivity index (χ0) is 15.2. The Labute approximate surface area is 122 Å². The third-order valence-corrected chi connectivity index (χ3v) is 3.40. The van der Waals surface area contributed by atoms with Crippen LogP contribution in [0.1, 0.15) is 17.9 Å². The lowest BCUT2D eigenvalue weighted by Gasteiger charge is -2.34. The van der Waals surface area contributed by atoms with Crippen molar-refractivity contribution >= 4 is 12.0 Å². The second-order valence-corrected chi connectivity index (χ2v) is 5.06. The lowest BCUT2D eigenvalue weighted by atomic mass is 10.3. The van der Waals surface area contributed by atoms with Gasteiger partial charge in [-0.15, -0.1) is 0 Å². The van der Waals surface area contributed by atoms with Crippen molar-refractivity contribution in [1.82, 2.24) is 20.3 Å². The van der Waals surface area contributed by atoms with E-state index >= 15 is 0 Å². The summed E-state index contributed by atoms with van der Waals surface area (Å²) in [7, 11) is 0. The minimum Gasteiger partial charge on any atom is -0.481 e. The molecule has 0 spiro atoms. The molecule has 0 aliphatic carbocycles. The minimum absolute atomic E-state index is 0.131. The summed E-state index contributed by atoms with van der Waals surface area (Å²) in [6.45, 7) is 5.27. The van der Waals surface area contributed by atoms with Gasteiger partial charge >= 0.3 is 12.0 Å². The number of nitrogens with one attached hydrogen (secondary N) is 1. The average Bonchev–Trinajstić information content (AvgIpc) is 2.89. The molecule has 2 heterocycles. The average molecular weight is 296 g/mol. The van der Waals surface area contributed by atoms with Crippen LogP contribution in [0.3, 0.4) is 0 Å². The van der Waals surface area contributed by atoms with E-state index in [0.717, 1.165) is 0 Å². The summed E-state index contributed by atoms with van der Waals surface area (Å²) in [6, 6.07) is 1.65. The Morgan fingerprint density at radius 1 is 1.38 bits per heavy atom. The molecule has 8 heteroatoms. The van der Waals surface area contributed by atoms with Crippen LogP contribution >= 0.6 is 0 Å². The van der Waals surface area contributed by atoms with Crippen molar-refractivity contribution in [3.05, 3.63) is 17.5 Å². The molecule has 8 nitrogen and oxygen atoms in total. The third-order valence-electron chi connectivity index (χ3n) is 3.40. The quantitative estimate of drug-likeness (QED) is 0.810. The van der Waals surface area contributed by atoms with E-state index in [1.807, 2.05) is 0 Å². The summed E-state index contributed by atoms with van der Waals surface area (Å²) >= 11 is 0. The molecule has 1 aliphatic rings. The summed E-state index contributed by atoms with van der Waals surface area (Å²) < 4.78 is 4.93. The largest absolute Gasteiger partial charge is 0.481 e. The van der Waals surface area contributed by atoms with E-state index in [-0.39, 0.29) is 12.5 Å². The number of piperazine rings is 1. The van der Waals surface area contributed by atoms with Gasteiger partial charge in [-0.25, -0.2) is 4.79 Å². The number of aliphatic carboxylic acids is 1. The third kappa shape index (κ3) is 4.75. The van der Waals surface area contributed by atoms with Crippen LogP contribution in [0.5, 0.6) is 0 Å². The molecule has 1 fully saturated rings. The fourth-order valence-electron chi connectivity index (χ4n) is 2.21. The first-order valence-electron chi connectivity index (χ1n) is 6.93. The van der Waals surface area contributed by atoms with E-state index in [4.69, 9.17) is 9.63 Å². The first-order valence-corrected chi connectivity index (χ1v) is 6.93. The molecule has 1 aromatic heterocycles. The number of carbonyl (C=O) groups excluding carboxylic acids is 1. The number of carboxylic acids is 1. The van der Waals surface area contributed by atoms with Gasteiger partial charge < -0.3 is 19.8 Å². The number of carbonyl (C=O) groups is 2. The smallest absolute Gasteiger partial charge is 0.317 e. The maximum atomic E-state index is 12.0. The number of amides is 2. The Hall–Kier alpha value is -2.09. The first kappa shape index (κ1) is 15.3. The van der Waals surface area contributed by atoms with Gasteiger partial charge in [0, 0.05) is 38.8 Å². The molecule has 116 valence electrons. The Morgan fingerprint density at radius 2 is 2.10 bits per heavy atom. The van der Waals surface area contributed by atoms with E-state index in [1.165, 1.54) is 0 Å². The predicted octanol–water partition coefficient (Wildman–Crippen LogP) is 0.285. The molecule has 21 heavy (non-hydrogen) atoms. The summed E-state index contributed by atoms with van der Waals surface area (Å²) in [5.41, 5.74) is 0.695. The van der Waals surface area contributed by atoms with E-state index in [1.54, 1.807) is 17.9 Å². The van der Waals surface area contributed by atoms with Gasteiger partial charge in [0.2, 0.25) is 0 Å². The van der Waals surface area contributed by atoms with Crippen LogP contribution in [0.2, 0.25) is 0 Å². The zero-order valence-corrected chi connectivity index (χ0v) is 12.0. The van der Waals surface area contributed by atoms with Crippen LogP contribution < -0.4 is 5.32 Å². The van der Waals surface area contributed by atoms with Crippen LogP contribution in [-0.2, 0) is 11.3 Å². The highest BCUT2D eigenvalue weighted by Gasteiger charge is 2.21. The minimum atomic E-state index is -0.793. The fourth-order valence-corrected chi connectivity index (χ4v) is 2.21. The number of hydrogen-bond donors (Lipinski definition) is 2. The van der Waals surface area contributed by atoms with Gasteiger partial charge in [0.15, 0.2) is 0 Å². The summed E-state index contributed by atoms with van der Waals surface area (Å²) in [5.74, 6) is -0.0793.